The van der Waals surface area contributed by atoms with E-state index in [0.29, 0.717) is 25.5 Å². The van der Waals surface area contributed by atoms with Gasteiger partial charge in [0.05, 0.1) is 19.1 Å². The van der Waals surface area contributed by atoms with Crippen molar-refractivity contribution in [3.05, 3.63) is 59.4 Å². The van der Waals surface area contributed by atoms with Crippen LogP contribution in [0.1, 0.15) is 17.0 Å². The van der Waals surface area contributed by atoms with Crippen LogP contribution in [0.25, 0.3) is 0 Å². The summed E-state index contributed by atoms with van der Waals surface area (Å²) >= 11 is 0. The van der Waals surface area contributed by atoms with Crippen LogP contribution in [0.2, 0.25) is 0 Å². The molecule has 2 aromatic rings. The Morgan fingerprint density at radius 1 is 1.29 bits per heavy atom. The highest BCUT2D eigenvalue weighted by Gasteiger charge is 2.24. The van der Waals surface area contributed by atoms with E-state index in [0.717, 1.165) is 16.9 Å². The van der Waals surface area contributed by atoms with Gasteiger partial charge in [0.1, 0.15) is 5.75 Å². The van der Waals surface area contributed by atoms with Gasteiger partial charge in [0.25, 0.3) is 0 Å². The summed E-state index contributed by atoms with van der Waals surface area (Å²) in [5.74, 6) is 1.02. The molecule has 0 aromatic heterocycles. The SMILES string of the molecule is CNCc1ccc(OCC2COc3ccccc32)c(F)c1. The Balaban J connectivity index is 1.66. The normalized spacial score (nSPS) is 16.4. The first-order chi connectivity index (χ1) is 10.3. The molecule has 0 aliphatic carbocycles. The lowest BCUT2D eigenvalue weighted by atomic mass is 10.0. The summed E-state index contributed by atoms with van der Waals surface area (Å²) in [6.45, 7) is 1.64. The van der Waals surface area contributed by atoms with Crippen molar-refractivity contribution in [2.24, 2.45) is 0 Å². The molecule has 3 nitrogen and oxygen atoms in total. The van der Waals surface area contributed by atoms with E-state index in [-0.39, 0.29) is 11.7 Å². The zero-order valence-corrected chi connectivity index (χ0v) is 11.9. The van der Waals surface area contributed by atoms with Crippen molar-refractivity contribution in [2.45, 2.75) is 12.5 Å². The molecule has 110 valence electrons. The molecule has 21 heavy (non-hydrogen) atoms. The minimum Gasteiger partial charge on any atom is -0.493 e. The van der Waals surface area contributed by atoms with Gasteiger partial charge in [-0.15, -0.1) is 0 Å². The van der Waals surface area contributed by atoms with Crippen LogP contribution >= 0.6 is 0 Å². The molecular formula is C17H18FNO2. The number of ether oxygens (including phenoxy) is 2. The Morgan fingerprint density at radius 3 is 2.95 bits per heavy atom. The second-order valence-corrected chi connectivity index (χ2v) is 5.15. The van der Waals surface area contributed by atoms with Crippen LogP contribution < -0.4 is 14.8 Å². The molecule has 0 spiro atoms. The Bertz CT molecular complexity index is 630. The maximum atomic E-state index is 14.0. The molecule has 1 N–H and O–H groups in total. The maximum Gasteiger partial charge on any atom is 0.165 e. The van der Waals surface area contributed by atoms with E-state index >= 15 is 0 Å². The molecule has 0 radical (unpaired) electrons. The monoisotopic (exact) mass is 287 g/mol. The van der Waals surface area contributed by atoms with E-state index in [9.17, 15) is 4.39 Å². The van der Waals surface area contributed by atoms with Crippen molar-refractivity contribution in [1.82, 2.24) is 5.32 Å². The first kappa shape index (κ1) is 13.9. The molecule has 0 saturated carbocycles. The fourth-order valence-electron chi connectivity index (χ4n) is 2.53. The summed E-state index contributed by atoms with van der Waals surface area (Å²) in [5, 5.41) is 2.99. The molecule has 0 bridgehead atoms. The molecular weight excluding hydrogens is 269 g/mol. The molecule has 3 rings (SSSR count). The van der Waals surface area contributed by atoms with E-state index < -0.39 is 0 Å². The third-order valence-electron chi connectivity index (χ3n) is 3.62. The van der Waals surface area contributed by atoms with Crippen molar-refractivity contribution in [3.8, 4) is 11.5 Å². The van der Waals surface area contributed by atoms with Gasteiger partial charge in [-0.25, -0.2) is 4.39 Å². The van der Waals surface area contributed by atoms with Gasteiger partial charge in [-0.05, 0) is 30.8 Å². The highest BCUT2D eigenvalue weighted by Crippen LogP contribution is 2.34. The topological polar surface area (TPSA) is 30.5 Å². The van der Waals surface area contributed by atoms with Crippen molar-refractivity contribution in [1.29, 1.82) is 0 Å². The van der Waals surface area contributed by atoms with Gasteiger partial charge >= 0.3 is 0 Å². The van der Waals surface area contributed by atoms with Crippen LogP contribution in [0.5, 0.6) is 11.5 Å². The van der Waals surface area contributed by atoms with Crippen molar-refractivity contribution in [3.63, 3.8) is 0 Å². The lowest BCUT2D eigenvalue weighted by Crippen LogP contribution is -2.12. The predicted molar refractivity (Wildman–Crippen MR) is 79.3 cm³/mol. The fourth-order valence-corrected chi connectivity index (χ4v) is 2.53. The van der Waals surface area contributed by atoms with Gasteiger partial charge in [0.2, 0.25) is 0 Å². The number of fused-ring (bicyclic) bond motifs is 1. The Morgan fingerprint density at radius 2 is 2.14 bits per heavy atom. The highest BCUT2D eigenvalue weighted by atomic mass is 19.1. The number of para-hydroxylation sites is 1. The van der Waals surface area contributed by atoms with Crippen LogP contribution in [0.4, 0.5) is 4.39 Å². The molecule has 1 aliphatic heterocycles. The lowest BCUT2D eigenvalue weighted by Gasteiger charge is -2.12. The summed E-state index contributed by atoms with van der Waals surface area (Å²) < 4.78 is 25.2. The summed E-state index contributed by atoms with van der Waals surface area (Å²) in [6, 6.07) is 13.0. The van der Waals surface area contributed by atoms with Crippen molar-refractivity contribution >= 4 is 0 Å². The van der Waals surface area contributed by atoms with Gasteiger partial charge in [-0.2, -0.15) is 0 Å². The molecule has 1 atom stereocenters. The van der Waals surface area contributed by atoms with E-state index in [1.165, 1.54) is 6.07 Å². The predicted octanol–water partition coefficient (Wildman–Crippen LogP) is 3.10. The highest BCUT2D eigenvalue weighted by molar-refractivity contribution is 5.40. The van der Waals surface area contributed by atoms with Gasteiger partial charge in [-0.1, -0.05) is 24.3 Å². The summed E-state index contributed by atoms with van der Waals surface area (Å²) in [7, 11) is 1.83. The molecule has 0 saturated heterocycles. The quantitative estimate of drug-likeness (QED) is 0.916. The Hall–Kier alpha value is -2.07. The molecule has 1 heterocycles. The average molecular weight is 287 g/mol. The second kappa shape index (κ2) is 6.14. The molecule has 0 fully saturated rings. The summed E-state index contributed by atoms with van der Waals surface area (Å²) in [4.78, 5) is 0. The minimum atomic E-state index is -0.324. The van der Waals surface area contributed by atoms with E-state index in [2.05, 4.69) is 5.32 Å². The van der Waals surface area contributed by atoms with Gasteiger partial charge in [0, 0.05) is 12.1 Å². The number of rotatable bonds is 5. The summed E-state index contributed by atoms with van der Waals surface area (Å²) in [6.07, 6.45) is 0. The first-order valence-electron chi connectivity index (χ1n) is 7.05. The summed E-state index contributed by atoms with van der Waals surface area (Å²) in [5.41, 5.74) is 2.03. The van der Waals surface area contributed by atoms with Crippen molar-refractivity contribution in [2.75, 3.05) is 20.3 Å². The smallest absolute Gasteiger partial charge is 0.165 e. The van der Waals surface area contributed by atoms with E-state index in [1.54, 1.807) is 6.07 Å². The third kappa shape index (κ3) is 3.00. The molecule has 1 aliphatic rings. The fraction of sp³-hybridized carbons (Fsp3) is 0.294. The molecule has 1 unspecified atom stereocenters. The number of hydrogen-bond donors (Lipinski definition) is 1. The number of benzene rings is 2. The Labute approximate surface area is 123 Å². The number of hydrogen-bond acceptors (Lipinski definition) is 3. The molecule has 0 amide bonds. The molecule has 2 aromatic carbocycles. The zero-order chi connectivity index (χ0) is 14.7. The van der Waals surface area contributed by atoms with Gasteiger partial charge < -0.3 is 14.8 Å². The largest absolute Gasteiger partial charge is 0.493 e. The zero-order valence-electron chi connectivity index (χ0n) is 11.9. The minimum absolute atomic E-state index is 0.151. The second-order valence-electron chi connectivity index (χ2n) is 5.15. The number of halogens is 1. The van der Waals surface area contributed by atoms with Crippen molar-refractivity contribution < 1.29 is 13.9 Å². The van der Waals surface area contributed by atoms with Crippen LogP contribution in [0.3, 0.4) is 0 Å². The van der Waals surface area contributed by atoms with E-state index in [1.807, 2.05) is 37.4 Å². The van der Waals surface area contributed by atoms with Crippen LogP contribution in [-0.4, -0.2) is 20.3 Å². The van der Waals surface area contributed by atoms with Crippen LogP contribution in [0.15, 0.2) is 42.5 Å². The van der Waals surface area contributed by atoms with Gasteiger partial charge in [-0.3, -0.25) is 0 Å². The van der Waals surface area contributed by atoms with Crippen LogP contribution in [0, 0.1) is 5.82 Å². The number of nitrogens with one attached hydrogen (secondary N) is 1. The maximum absolute atomic E-state index is 14.0. The van der Waals surface area contributed by atoms with E-state index in [4.69, 9.17) is 9.47 Å². The molecule has 4 heteroatoms. The average Bonchev–Trinajstić information content (AvgIpc) is 2.90. The third-order valence-corrected chi connectivity index (χ3v) is 3.62. The van der Waals surface area contributed by atoms with Crippen LogP contribution in [-0.2, 0) is 6.54 Å². The lowest BCUT2D eigenvalue weighted by molar-refractivity contribution is 0.241. The first-order valence-corrected chi connectivity index (χ1v) is 7.05. The van der Waals surface area contributed by atoms with Gasteiger partial charge in [0.15, 0.2) is 11.6 Å². The Kier molecular flexibility index (Phi) is 4.06. The standard InChI is InChI=1S/C17H18FNO2/c1-19-9-12-6-7-17(15(18)8-12)21-11-13-10-20-16-5-3-2-4-14(13)16/h2-8,13,19H,9-11H2,1H3.